The highest BCUT2D eigenvalue weighted by molar-refractivity contribution is 7.87. The third-order valence-electron chi connectivity index (χ3n) is 4.49. The van der Waals surface area contributed by atoms with Gasteiger partial charge in [0.1, 0.15) is 0 Å². The summed E-state index contributed by atoms with van der Waals surface area (Å²) in [7, 11) is -2.74. The van der Waals surface area contributed by atoms with Crippen LogP contribution >= 0.6 is 12.2 Å². The van der Waals surface area contributed by atoms with E-state index in [0.717, 1.165) is 37.7 Å². The Morgan fingerprint density at radius 1 is 1.31 bits per heavy atom. The van der Waals surface area contributed by atoms with E-state index in [1.165, 1.54) is 0 Å². The zero-order chi connectivity index (χ0) is 19.3. The van der Waals surface area contributed by atoms with Gasteiger partial charge in [-0.15, -0.1) is 0 Å². The first-order chi connectivity index (χ1) is 12.2. The van der Waals surface area contributed by atoms with Gasteiger partial charge in [0, 0.05) is 13.1 Å². The Morgan fingerprint density at radius 2 is 1.96 bits per heavy atom. The summed E-state index contributed by atoms with van der Waals surface area (Å²) in [6.45, 7) is 1.80. The molecule has 1 amide bonds. The molecule has 0 bridgehead atoms. The second-order valence-electron chi connectivity index (χ2n) is 6.53. The maximum atomic E-state index is 13.0. The first kappa shape index (κ1) is 20.6. The SMILES string of the molecule is CNC(=S)N(C(=O)Cc1ccc(C)cc1NS(=O)(=O)O)C1CCCCC1. The summed E-state index contributed by atoms with van der Waals surface area (Å²) in [5.74, 6) is -0.196. The summed E-state index contributed by atoms with van der Waals surface area (Å²) in [6.07, 6.45) is 5.05. The van der Waals surface area contributed by atoms with Gasteiger partial charge in [-0.1, -0.05) is 31.4 Å². The molecule has 26 heavy (non-hydrogen) atoms. The number of carbonyl (C=O) groups excluding carboxylic acids is 1. The Bertz CT molecular complexity index is 774. The lowest BCUT2D eigenvalue weighted by Gasteiger charge is -2.34. The lowest BCUT2D eigenvalue weighted by molar-refractivity contribution is -0.128. The molecule has 1 aromatic carbocycles. The Morgan fingerprint density at radius 3 is 2.54 bits per heavy atom. The van der Waals surface area contributed by atoms with E-state index in [0.29, 0.717) is 10.7 Å². The van der Waals surface area contributed by atoms with Gasteiger partial charge >= 0.3 is 10.3 Å². The number of benzene rings is 1. The molecular weight excluding hydrogens is 374 g/mol. The van der Waals surface area contributed by atoms with Crippen LogP contribution in [0.4, 0.5) is 5.69 Å². The van der Waals surface area contributed by atoms with Crippen LogP contribution < -0.4 is 10.0 Å². The van der Waals surface area contributed by atoms with E-state index >= 15 is 0 Å². The Kier molecular flexibility index (Phi) is 6.96. The summed E-state index contributed by atoms with van der Waals surface area (Å²) in [5, 5.41) is 3.25. The van der Waals surface area contributed by atoms with Gasteiger partial charge in [-0.05, 0) is 49.2 Å². The van der Waals surface area contributed by atoms with Crippen molar-refractivity contribution >= 4 is 39.2 Å². The zero-order valence-corrected chi connectivity index (χ0v) is 16.6. The van der Waals surface area contributed by atoms with Crippen molar-refractivity contribution in [3.63, 3.8) is 0 Å². The first-order valence-electron chi connectivity index (χ1n) is 8.60. The molecular formula is C17H25N3O4S2. The van der Waals surface area contributed by atoms with E-state index in [4.69, 9.17) is 16.8 Å². The van der Waals surface area contributed by atoms with Crippen LogP contribution in [0.15, 0.2) is 18.2 Å². The molecule has 7 nitrogen and oxygen atoms in total. The van der Waals surface area contributed by atoms with Crippen molar-refractivity contribution in [3.05, 3.63) is 29.3 Å². The molecule has 1 aromatic rings. The molecule has 2 rings (SSSR count). The monoisotopic (exact) mass is 399 g/mol. The van der Waals surface area contributed by atoms with Gasteiger partial charge in [0.25, 0.3) is 0 Å². The van der Waals surface area contributed by atoms with Crippen molar-refractivity contribution in [2.75, 3.05) is 11.8 Å². The van der Waals surface area contributed by atoms with Gasteiger partial charge in [0.15, 0.2) is 5.11 Å². The predicted molar refractivity (Wildman–Crippen MR) is 105 cm³/mol. The smallest absolute Gasteiger partial charge is 0.357 e. The highest BCUT2D eigenvalue weighted by Crippen LogP contribution is 2.25. The van der Waals surface area contributed by atoms with Gasteiger partial charge in [-0.3, -0.25) is 19.0 Å². The summed E-state index contributed by atoms with van der Waals surface area (Å²) >= 11 is 5.33. The molecule has 0 spiro atoms. The number of thiocarbonyl (C=S) groups is 1. The molecule has 1 saturated carbocycles. The van der Waals surface area contributed by atoms with E-state index in [1.54, 1.807) is 37.1 Å². The van der Waals surface area contributed by atoms with E-state index in [1.807, 2.05) is 0 Å². The van der Waals surface area contributed by atoms with Crippen molar-refractivity contribution in [2.24, 2.45) is 0 Å². The van der Waals surface area contributed by atoms with Crippen LogP contribution in [-0.2, 0) is 21.5 Å². The normalized spacial score (nSPS) is 15.3. The summed E-state index contributed by atoms with van der Waals surface area (Å²) in [4.78, 5) is 14.6. The average Bonchev–Trinajstić information content (AvgIpc) is 2.57. The predicted octanol–water partition coefficient (Wildman–Crippen LogP) is 2.42. The Labute approximate surface area is 160 Å². The summed E-state index contributed by atoms with van der Waals surface area (Å²) < 4.78 is 33.6. The number of hydrogen-bond acceptors (Lipinski definition) is 4. The molecule has 1 fully saturated rings. The lowest BCUT2D eigenvalue weighted by atomic mass is 9.94. The van der Waals surface area contributed by atoms with Crippen molar-refractivity contribution in [2.45, 2.75) is 51.5 Å². The van der Waals surface area contributed by atoms with Gasteiger partial charge in [-0.2, -0.15) is 8.42 Å². The van der Waals surface area contributed by atoms with Crippen molar-refractivity contribution in [3.8, 4) is 0 Å². The molecule has 0 aromatic heterocycles. The maximum absolute atomic E-state index is 13.0. The first-order valence-corrected chi connectivity index (χ1v) is 10.4. The molecule has 9 heteroatoms. The van der Waals surface area contributed by atoms with Crippen molar-refractivity contribution < 1.29 is 17.8 Å². The van der Waals surface area contributed by atoms with E-state index < -0.39 is 10.3 Å². The van der Waals surface area contributed by atoms with Gasteiger partial charge in [0.05, 0.1) is 12.1 Å². The fraction of sp³-hybridized carbons (Fsp3) is 0.529. The second-order valence-corrected chi connectivity index (χ2v) is 8.07. The quantitative estimate of drug-likeness (QED) is 0.520. The second kappa shape index (κ2) is 8.79. The number of carbonyl (C=O) groups is 1. The van der Waals surface area contributed by atoms with Gasteiger partial charge in [0.2, 0.25) is 5.91 Å². The van der Waals surface area contributed by atoms with Crippen LogP contribution in [0.1, 0.15) is 43.2 Å². The van der Waals surface area contributed by atoms with Gasteiger partial charge < -0.3 is 5.32 Å². The maximum Gasteiger partial charge on any atom is 0.357 e. The number of nitrogens with zero attached hydrogens (tertiary/aromatic N) is 1. The molecule has 0 unspecified atom stereocenters. The van der Waals surface area contributed by atoms with Crippen molar-refractivity contribution in [1.82, 2.24) is 10.2 Å². The van der Waals surface area contributed by atoms with Crippen molar-refractivity contribution in [1.29, 1.82) is 0 Å². The van der Waals surface area contributed by atoms with Crippen LogP contribution in [0.3, 0.4) is 0 Å². The highest BCUT2D eigenvalue weighted by atomic mass is 32.2. The fourth-order valence-electron chi connectivity index (χ4n) is 3.27. The number of hydrogen-bond donors (Lipinski definition) is 3. The minimum atomic E-state index is -4.43. The van der Waals surface area contributed by atoms with Crippen LogP contribution in [0.5, 0.6) is 0 Å². The summed E-state index contributed by atoms with van der Waals surface area (Å²) in [6, 6.07) is 5.11. The number of anilines is 1. The third-order valence-corrected chi connectivity index (χ3v) is 5.37. The van der Waals surface area contributed by atoms with Crippen LogP contribution in [-0.4, -0.2) is 42.0 Å². The zero-order valence-electron chi connectivity index (χ0n) is 15.0. The molecule has 0 heterocycles. The molecule has 1 aliphatic rings. The molecule has 144 valence electrons. The number of amides is 1. The minimum Gasteiger partial charge on any atom is -0.365 e. The average molecular weight is 400 g/mol. The van der Waals surface area contributed by atoms with E-state index in [-0.39, 0.29) is 24.1 Å². The lowest BCUT2D eigenvalue weighted by Crippen LogP contribution is -2.49. The number of aryl methyl sites for hydroxylation is 1. The van der Waals surface area contributed by atoms with Crippen LogP contribution in [0.2, 0.25) is 0 Å². The molecule has 0 radical (unpaired) electrons. The Balaban J connectivity index is 2.26. The fourth-order valence-corrected chi connectivity index (χ4v) is 3.99. The molecule has 3 N–H and O–H groups in total. The number of rotatable bonds is 5. The highest BCUT2D eigenvalue weighted by Gasteiger charge is 2.28. The minimum absolute atomic E-state index is 0.0174. The Hall–Kier alpha value is -1.71. The van der Waals surface area contributed by atoms with Crippen LogP contribution in [0, 0.1) is 6.92 Å². The van der Waals surface area contributed by atoms with Gasteiger partial charge in [-0.25, -0.2) is 0 Å². The largest absolute Gasteiger partial charge is 0.365 e. The molecule has 0 aliphatic heterocycles. The standard InChI is InChI=1S/C17H25N3O4S2/c1-12-8-9-13(15(10-12)19-26(22,23)24)11-16(21)20(17(25)18-2)14-6-4-3-5-7-14/h8-10,14,19H,3-7,11H2,1-2H3,(H,18,25)(H,22,23,24). The van der Waals surface area contributed by atoms with E-state index in [2.05, 4.69) is 10.0 Å². The van der Waals surface area contributed by atoms with Crippen LogP contribution in [0.25, 0.3) is 0 Å². The van der Waals surface area contributed by atoms with E-state index in [9.17, 15) is 13.2 Å². The molecule has 0 atom stereocenters. The third kappa shape index (κ3) is 5.65. The molecule has 0 saturated heterocycles. The summed E-state index contributed by atoms with van der Waals surface area (Å²) in [5.41, 5.74) is 1.49. The number of nitrogens with one attached hydrogen (secondary N) is 2. The topological polar surface area (TPSA) is 98.7 Å². The molecule has 1 aliphatic carbocycles.